The van der Waals surface area contributed by atoms with Gasteiger partial charge in [0.1, 0.15) is 5.54 Å². The van der Waals surface area contributed by atoms with E-state index in [0.717, 1.165) is 22.4 Å². The Morgan fingerprint density at radius 2 is 1.62 bits per heavy atom. The van der Waals surface area contributed by atoms with Crippen molar-refractivity contribution in [2.75, 3.05) is 0 Å². The average Bonchev–Trinajstić information content (AvgIpc) is 3.51. The molecule has 4 aromatic carbocycles. The number of hydrogen-bond donors (Lipinski definition) is 0. The van der Waals surface area contributed by atoms with Gasteiger partial charge < -0.3 is 4.74 Å². The maximum absolute atomic E-state index is 6.84. The highest BCUT2D eigenvalue weighted by Gasteiger charge is 2.69. The lowest BCUT2D eigenvalue weighted by Crippen LogP contribution is -2.58. The molecule has 0 aliphatic carbocycles. The second-order valence-electron chi connectivity index (χ2n) is 11.4. The van der Waals surface area contributed by atoms with Crippen molar-refractivity contribution in [2.45, 2.75) is 31.8 Å². The largest absolute Gasteiger partial charge is 0.448 e. The van der Waals surface area contributed by atoms with Crippen molar-refractivity contribution < 1.29 is 13.9 Å². The van der Waals surface area contributed by atoms with Gasteiger partial charge in [-0.15, -0.1) is 0 Å². The van der Waals surface area contributed by atoms with Crippen molar-refractivity contribution >= 4 is 21.8 Å². The standard InChI is InChI=1S/C33H25N3O/c1-32(2,3)36-26-16-10-17-27-29(26)35-28-24(19-20-11-4-5-12-21(20)30(28)37-27)33(31(35)36)23-14-7-6-13-22(23)25-15-8-9-18-34(25)33/h4-19H,1-3H3/q+2. The van der Waals surface area contributed by atoms with Crippen LogP contribution in [-0.4, -0.2) is 4.57 Å². The van der Waals surface area contributed by atoms with Crippen molar-refractivity contribution in [1.29, 1.82) is 0 Å². The van der Waals surface area contributed by atoms with E-state index in [0.29, 0.717) is 0 Å². The molecule has 3 aliphatic heterocycles. The average molecular weight is 480 g/mol. The first-order valence-electron chi connectivity index (χ1n) is 13.0. The van der Waals surface area contributed by atoms with Crippen molar-refractivity contribution in [2.24, 2.45) is 0 Å². The fraction of sp³-hybridized carbons (Fsp3) is 0.152. The number of rotatable bonds is 0. The Morgan fingerprint density at radius 3 is 2.51 bits per heavy atom. The number of nitrogens with zero attached hydrogens (tertiary/aromatic N) is 3. The number of fused-ring (bicyclic) bond motifs is 9. The zero-order chi connectivity index (χ0) is 24.7. The van der Waals surface area contributed by atoms with Crippen molar-refractivity contribution in [3.63, 3.8) is 0 Å². The van der Waals surface area contributed by atoms with Gasteiger partial charge in [0.15, 0.2) is 28.9 Å². The third-order valence-corrected chi connectivity index (χ3v) is 8.48. The first-order chi connectivity index (χ1) is 18.0. The Labute approximate surface area is 214 Å². The third-order valence-electron chi connectivity index (χ3n) is 8.48. The van der Waals surface area contributed by atoms with Crippen LogP contribution < -0.4 is 13.9 Å². The summed E-state index contributed by atoms with van der Waals surface area (Å²) in [7, 11) is 0. The Morgan fingerprint density at radius 1 is 0.811 bits per heavy atom. The molecule has 37 heavy (non-hydrogen) atoms. The van der Waals surface area contributed by atoms with Gasteiger partial charge in [0.05, 0.1) is 16.7 Å². The quantitative estimate of drug-likeness (QED) is 0.232. The lowest BCUT2D eigenvalue weighted by atomic mass is 9.81. The maximum atomic E-state index is 6.84. The molecule has 0 bridgehead atoms. The van der Waals surface area contributed by atoms with Crippen LogP contribution in [0.15, 0.2) is 97.2 Å². The summed E-state index contributed by atoms with van der Waals surface area (Å²) in [6.45, 7) is 6.93. The molecule has 0 saturated heterocycles. The molecule has 1 unspecified atom stereocenters. The van der Waals surface area contributed by atoms with Crippen LogP contribution in [0, 0.1) is 0 Å². The van der Waals surface area contributed by atoms with Crippen LogP contribution in [0.2, 0.25) is 0 Å². The Kier molecular flexibility index (Phi) is 3.25. The second kappa shape index (κ2) is 6.09. The van der Waals surface area contributed by atoms with Crippen molar-refractivity contribution in [3.8, 4) is 28.4 Å². The van der Waals surface area contributed by atoms with Gasteiger partial charge in [-0.1, -0.05) is 48.5 Å². The number of pyridine rings is 1. The van der Waals surface area contributed by atoms with Crippen LogP contribution in [-0.2, 0) is 11.1 Å². The highest BCUT2D eigenvalue weighted by atomic mass is 16.5. The number of para-hydroxylation sites is 1. The van der Waals surface area contributed by atoms with E-state index < -0.39 is 5.54 Å². The van der Waals surface area contributed by atoms with Crippen LogP contribution in [0.4, 0.5) is 0 Å². The molecule has 0 radical (unpaired) electrons. The lowest BCUT2D eigenvalue weighted by Gasteiger charge is -2.25. The van der Waals surface area contributed by atoms with Gasteiger partial charge in [-0.05, 0) is 56.5 Å². The van der Waals surface area contributed by atoms with Gasteiger partial charge >= 0.3 is 11.4 Å². The van der Waals surface area contributed by atoms with Crippen LogP contribution >= 0.6 is 0 Å². The molecule has 176 valence electrons. The fourth-order valence-corrected chi connectivity index (χ4v) is 7.28. The SMILES string of the molecule is CC(C)(C)n1c2[n+]3c4c(cccc41)Oc1c-3c(cc3ccccc13)C21c2ccccc2-c2cccc[n+]21. The van der Waals surface area contributed by atoms with Gasteiger partial charge in [0.25, 0.3) is 0 Å². The molecular formula is C33H25N3O+2. The van der Waals surface area contributed by atoms with Crippen LogP contribution in [0.1, 0.15) is 37.7 Å². The predicted molar refractivity (Wildman–Crippen MR) is 143 cm³/mol. The lowest BCUT2D eigenvalue weighted by molar-refractivity contribution is -0.733. The fourth-order valence-electron chi connectivity index (χ4n) is 7.28. The second-order valence-corrected chi connectivity index (χ2v) is 11.4. The summed E-state index contributed by atoms with van der Waals surface area (Å²) in [5, 5.41) is 2.34. The van der Waals surface area contributed by atoms with Gasteiger partial charge in [-0.2, -0.15) is 9.13 Å². The molecule has 5 heterocycles. The van der Waals surface area contributed by atoms with Gasteiger partial charge in [-0.25, -0.2) is 4.57 Å². The number of ether oxygens (including phenoxy) is 1. The summed E-state index contributed by atoms with van der Waals surface area (Å²) in [6, 6.07) is 33.0. The molecule has 0 fully saturated rings. The zero-order valence-electron chi connectivity index (χ0n) is 21.0. The molecule has 1 spiro atoms. The van der Waals surface area contributed by atoms with Gasteiger partial charge in [0, 0.05) is 17.5 Å². The molecule has 6 aromatic rings. The first-order valence-corrected chi connectivity index (χ1v) is 13.0. The molecule has 9 rings (SSSR count). The third kappa shape index (κ3) is 2.03. The molecule has 4 heteroatoms. The molecule has 0 N–H and O–H groups in total. The van der Waals surface area contributed by atoms with E-state index in [1.807, 2.05) is 0 Å². The summed E-state index contributed by atoms with van der Waals surface area (Å²) in [4.78, 5) is 0. The Balaban J connectivity index is 1.63. The van der Waals surface area contributed by atoms with E-state index in [-0.39, 0.29) is 5.54 Å². The van der Waals surface area contributed by atoms with Gasteiger partial charge in [0.2, 0.25) is 11.2 Å². The van der Waals surface area contributed by atoms with Crippen LogP contribution in [0.3, 0.4) is 0 Å². The van der Waals surface area contributed by atoms with E-state index in [1.165, 1.54) is 44.8 Å². The summed E-state index contributed by atoms with van der Waals surface area (Å²) < 4.78 is 14.4. The smallest absolute Gasteiger partial charge is 0.347 e. The van der Waals surface area contributed by atoms with E-state index in [9.17, 15) is 0 Å². The molecule has 0 amide bonds. The molecule has 3 aliphatic rings. The highest BCUT2D eigenvalue weighted by molar-refractivity contribution is 5.96. The molecule has 1 atom stereocenters. The molecule has 2 aromatic heterocycles. The monoisotopic (exact) mass is 479 g/mol. The van der Waals surface area contributed by atoms with E-state index in [4.69, 9.17) is 4.74 Å². The highest BCUT2D eigenvalue weighted by Crippen LogP contribution is 2.56. The van der Waals surface area contributed by atoms with E-state index >= 15 is 0 Å². The number of benzene rings is 4. The summed E-state index contributed by atoms with van der Waals surface area (Å²) in [5.74, 6) is 3.13. The minimum Gasteiger partial charge on any atom is -0.448 e. The predicted octanol–water partition coefficient (Wildman–Crippen LogP) is 6.35. The minimum atomic E-state index is -0.529. The summed E-state index contributed by atoms with van der Waals surface area (Å²) in [6.07, 6.45) is 2.26. The zero-order valence-corrected chi connectivity index (χ0v) is 21.0. The first kappa shape index (κ1) is 19.7. The van der Waals surface area contributed by atoms with E-state index in [1.54, 1.807) is 0 Å². The summed E-state index contributed by atoms with van der Waals surface area (Å²) >= 11 is 0. The minimum absolute atomic E-state index is 0.163. The van der Waals surface area contributed by atoms with Crippen molar-refractivity contribution in [3.05, 3.63) is 114 Å². The normalized spacial score (nSPS) is 17.9. The van der Waals surface area contributed by atoms with Crippen molar-refractivity contribution in [1.82, 2.24) is 4.57 Å². The molecule has 0 saturated carbocycles. The Bertz CT molecular complexity index is 1960. The number of imidazole rings is 1. The van der Waals surface area contributed by atoms with E-state index in [2.05, 4.69) is 132 Å². The maximum Gasteiger partial charge on any atom is 0.347 e. The topological polar surface area (TPSA) is 21.9 Å². The number of hydrogen-bond acceptors (Lipinski definition) is 1. The summed E-state index contributed by atoms with van der Waals surface area (Å²) in [5.41, 5.74) is 7.92. The molecule has 4 nitrogen and oxygen atoms in total. The Hall–Kier alpha value is -4.44. The van der Waals surface area contributed by atoms with Gasteiger partial charge in [-0.3, -0.25) is 0 Å². The molecular weight excluding hydrogens is 454 g/mol. The number of aromatic nitrogens is 3. The van der Waals surface area contributed by atoms with Crippen LogP contribution in [0.25, 0.3) is 38.8 Å². The van der Waals surface area contributed by atoms with Crippen LogP contribution in [0.5, 0.6) is 11.5 Å².